The smallest absolute Gasteiger partial charge is 0.220 e. The van der Waals surface area contributed by atoms with Crippen molar-refractivity contribution >= 4 is 16.8 Å². The van der Waals surface area contributed by atoms with Gasteiger partial charge in [-0.3, -0.25) is 4.79 Å². The highest BCUT2D eigenvalue weighted by atomic mass is 16.5. The molecule has 4 aromatic rings. The van der Waals surface area contributed by atoms with E-state index in [1.807, 2.05) is 12.1 Å². The number of amides is 1. The van der Waals surface area contributed by atoms with Crippen LogP contribution in [-0.4, -0.2) is 48.7 Å². The molecule has 5 rings (SSSR count). The fourth-order valence-electron chi connectivity index (χ4n) is 5.43. The summed E-state index contributed by atoms with van der Waals surface area (Å²) in [5.41, 5.74) is 6.01. The van der Waals surface area contributed by atoms with Crippen molar-refractivity contribution in [1.29, 1.82) is 0 Å². The largest absolute Gasteiger partial charge is 0.497 e. The average Bonchev–Trinajstić information content (AvgIpc) is 3.57. The van der Waals surface area contributed by atoms with Crippen molar-refractivity contribution in [3.63, 3.8) is 0 Å². The summed E-state index contributed by atoms with van der Waals surface area (Å²) in [5.74, 6) is 0.858. The molecule has 1 aromatic heterocycles. The first-order valence-corrected chi connectivity index (χ1v) is 13.4. The highest BCUT2D eigenvalue weighted by Crippen LogP contribution is 2.35. The maximum atomic E-state index is 13.2. The summed E-state index contributed by atoms with van der Waals surface area (Å²) in [6.07, 6.45) is 5.18. The Hall–Kier alpha value is -3.57. The number of hydrogen-bond acceptors (Lipinski definition) is 3. The lowest BCUT2D eigenvalue weighted by Crippen LogP contribution is -2.34. The molecular weight excluding hydrogens is 458 g/mol. The normalized spacial score (nSPS) is 14.6. The van der Waals surface area contributed by atoms with E-state index in [0.717, 1.165) is 37.5 Å². The van der Waals surface area contributed by atoms with Gasteiger partial charge in [0.25, 0.3) is 0 Å². The summed E-state index contributed by atoms with van der Waals surface area (Å²) < 4.78 is 7.72. The average molecular weight is 496 g/mol. The molecule has 1 amide bonds. The van der Waals surface area contributed by atoms with Crippen molar-refractivity contribution in [3.05, 3.63) is 101 Å². The van der Waals surface area contributed by atoms with E-state index in [2.05, 4.69) is 88.6 Å². The minimum absolute atomic E-state index is 0.0538. The lowest BCUT2D eigenvalue weighted by atomic mass is 9.88. The van der Waals surface area contributed by atoms with Crippen molar-refractivity contribution in [2.75, 3.05) is 33.3 Å². The molecular formula is C32H37N3O2. The van der Waals surface area contributed by atoms with Crippen LogP contribution in [0.25, 0.3) is 10.9 Å². The van der Waals surface area contributed by atoms with Gasteiger partial charge >= 0.3 is 0 Å². The van der Waals surface area contributed by atoms with Gasteiger partial charge in [-0.1, -0.05) is 60.2 Å². The van der Waals surface area contributed by atoms with E-state index in [4.69, 9.17) is 4.74 Å². The highest BCUT2D eigenvalue weighted by Gasteiger charge is 2.23. The molecule has 1 aliphatic heterocycles. The number of ether oxygens (including phenoxy) is 1. The number of benzene rings is 3. The minimum atomic E-state index is -0.0538. The number of rotatable bonds is 10. The molecule has 1 N–H and O–H groups in total. The second kappa shape index (κ2) is 11.7. The Morgan fingerprint density at radius 3 is 2.43 bits per heavy atom. The van der Waals surface area contributed by atoms with Crippen LogP contribution >= 0.6 is 0 Å². The Balaban J connectivity index is 1.44. The van der Waals surface area contributed by atoms with Gasteiger partial charge in [-0.05, 0) is 67.7 Å². The van der Waals surface area contributed by atoms with E-state index in [1.165, 1.54) is 40.4 Å². The number of aromatic nitrogens is 1. The molecule has 3 aromatic carbocycles. The molecule has 0 spiro atoms. The van der Waals surface area contributed by atoms with Gasteiger partial charge in [0.05, 0.1) is 7.11 Å². The van der Waals surface area contributed by atoms with E-state index in [-0.39, 0.29) is 11.8 Å². The van der Waals surface area contributed by atoms with Crippen LogP contribution < -0.4 is 10.1 Å². The van der Waals surface area contributed by atoms with E-state index >= 15 is 0 Å². The number of aryl methyl sites for hydroxylation is 1. The van der Waals surface area contributed by atoms with Gasteiger partial charge in [0.1, 0.15) is 5.75 Å². The van der Waals surface area contributed by atoms with Crippen molar-refractivity contribution in [2.24, 2.45) is 0 Å². The number of para-hydroxylation sites is 1. The van der Waals surface area contributed by atoms with Crippen LogP contribution in [0, 0.1) is 6.92 Å². The molecule has 0 unspecified atom stereocenters. The van der Waals surface area contributed by atoms with Gasteiger partial charge in [0, 0.05) is 49.1 Å². The van der Waals surface area contributed by atoms with Gasteiger partial charge in [0.2, 0.25) is 5.91 Å². The van der Waals surface area contributed by atoms with Crippen molar-refractivity contribution < 1.29 is 9.53 Å². The van der Waals surface area contributed by atoms with Crippen molar-refractivity contribution in [3.8, 4) is 5.75 Å². The van der Waals surface area contributed by atoms with E-state index in [1.54, 1.807) is 7.11 Å². The van der Waals surface area contributed by atoms with Crippen LogP contribution in [0.2, 0.25) is 0 Å². The van der Waals surface area contributed by atoms with Crippen LogP contribution in [0.1, 0.15) is 47.4 Å². The van der Waals surface area contributed by atoms with Crippen LogP contribution in [0.15, 0.2) is 79.0 Å². The number of hydrogen-bond donors (Lipinski definition) is 1. The number of carbonyl (C=O) groups excluding carboxylic acids is 1. The second-order valence-electron chi connectivity index (χ2n) is 10.1. The van der Waals surface area contributed by atoms with Crippen LogP contribution in [0.3, 0.4) is 0 Å². The molecule has 0 radical (unpaired) electrons. The zero-order valence-corrected chi connectivity index (χ0v) is 22.0. The summed E-state index contributed by atoms with van der Waals surface area (Å²) in [4.78, 5) is 15.6. The second-order valence-corrected chi connectivity index (χ2v) is 10.1. The summed E-state index contributed by atoms with van der Waals surface area (Å²) >= 11 is 0. The summed E-state index contributed by atoms with van der Waals surface area (Å²) in [5, 5.41) is 4.38. The molecule has 0 bridgehead atoms. The predicted octanol–water partition coefficient (Wildman–Crippen LogP) is 5.74. The first kappa shape index (κ1) is 25.1. The molecule has 1 saturated heterocycles. The molecule has 5 nitrogen and oxygen atoms in total. The van der Waals surface area contributed by atoms with E-state index in [9.17, 15) is 4.79 Å². The fourth-order valence-corrected chi connectivity index (χ4v) is 5.43. The quantitative estimate of drug-likeness (QED) is 0.305. The Kier molecular flexibility index (Phi) is 7.90. The number of methoxy groups -OCH3 is 1. The Labute approximate surface area is 220 Å². The molecule has 5 heteroatoms. The monoisotopic (exact) mass is 495 g/mol. The van der Waals surface area contributed by atoms with E-state index < -0.39 is 0 Å². The summed E-state index contributed by atoms with van der Waals surface area (Å²) in [6.45, 7) is 6.81. The molecule has 0 aliphatic carbocycles. The molecule has 192 valence electrons. The maximum Gasteiger partial charge on any atom is 0.220 e. The molecule has 0 saturated carbocycles. The molecule has 2 heterocycles. The number of likely N-dealkylation sites (tertiary alicyclic amines) is 1. The lowest BCUT2D eigenvalue weighted by Gasteiger charge is -2.19. The van der Waals surface area contributed by atoms with Gasteiger partial charge in [-0.25, -0.2) is 0 Å². The van der Waals surface area contributed by atoms with E-state index in [0.29, 0.717) is 13.0 Å². The van der Waals surface area contributed by atoms with Gasteiger partial charge < -0.3 is 19.5 Å². The SMILES string of the molecule is COc1ccc([C@@H](CC(=O)NCCN2CCCC2)c2cn(Cc3ccc(C)cc3)c3ccccc23)cc1. The third-order valence-electron chi connectivity index (χ3n) is 7.52. The van der Waals surface area contributed by atoms with Crippen LogP contribution in [0.5, 0.6) is 5.75 Å². The van der Waals surface area contributed by atoms with Gasteiger partial charge in [-0.2, -0.15) is 0 Å². The first-order chi connectivity index (χ1) is 18.1. The zero-order chi connectivity index (χ0) is 25.6. The Morgan fingerprint density at radius 1 is 0.973 bits per heavy atom. The molecule has 37 heavy (non-hydrogen) atoms. The minimum Gasteiger partial charge on any atom is -0.497 e. The zero-order valence-electron chi connectivity index (χ0n) is 22.0. The number of carbonyl (C=O) groups is 1. The van der Waals surface area contributed by atoms with Gasteiger partial charge in [-0.15, -0.1) is 0 Å². The van der Waals surface area contributed by atoms with Crippen molar-refractivity contribution in [2.45, 2.75) is 38.6 Å². The lowest BCUT2D eigenvalue weighted by molar-refractivity contribution is -0.121. The van der Waals surface area contributed by atoms with Gasteiger partial charge in [0.15, 0.2) is 0 Å². The third-order valence-corrected chi connectivity index (χ3v) is 7.52. The Morgan fingerprint density at radius 2 is 1.70 bits per heavy atom. The van der Waals surface area contributed by atoms with Crippen LogP contribution in [0.4, 0.5) is 0 Å². The predicted molar refractivity (Wildman–Crippen MR) is 150 cm³/mol. The fraction of sp³-hybridized carbons (Fsp3) is 0.344. The molecule has 1 aliphatic rings. The number of nitrogens with one attached hydrogen (secondary N) is 1. The topological polar surface area (TPSA) is 46.5 Å². The molecule has 1 fully saturated rings. The number of nitrogens with zero attached hydrogens (tertiary/aromatic N) is 2. The maximum absolute atomic E-state index is 13.2. The third kappa shape index (κ3) is 6.05. The van der Waals surface area contributed by atoms with Crippen LogP contribution in [-0.2, 0) is 11.3 Å². The summed E-state index contributed by atoms with van der Waals surface area (Å²) in [7, 11) is 1.68. The summed E-state index contributed by atoms with van der Waals surface area (Å²) in [6, 6.07) is 25.4. The van der Waals surface area contributed by atoms with Crippen molar-refractivity contribution in [1.82, 2.24) is 14.8 Å². The number of fused-ring (bicyclic) bond motifs is 1. The molecule has 1 atom stereocenters. The standard InChI is InChI=1S/C32H37N3O2/c1-24-9-11-25(12-10-24)22-35-23-30(28-7-3-4-8-31(28)35)29(26-13-15-27(37-2)16-14-26)21-32(36)33-17-20-34-18-5-6-19-34/h3-4,7-16,23,29H,5-6,17-22H2,1-2H3,(H,33,36)/t29-/m1/s1. The first-order valence-electron chi connectivity index (χ1n) is 13.4. The Bertz CT molecular complexity index is 1320. The highest BCUT2D eigenvalue weighted by molar-refractivity contribution is 5.86.